The lowest BCUT2D eigenvalue weighted by Gasteiger charge is -2.08. The Labute approximate surface area is 143 Å². The van der Waals surface area contributed by atoms with E-state index in [2.05, 4.69) is 4.98 Å². The highest BCUT2D eigenvalue weighted by Crippen LogP contribution is 2.13. The molecule has 1 aromatic carbocycles. The van der Waals surface area contributed by atoms with Crippen LogP contribution in [0.25, 0.3) is 23.3 Å². The van der Waals surface area contributed by atoms with Gasteiger partial charge in [-0.15, -0.1) is 0 Å². The van der Waals surface area contributed by atoms with Crippen LogP contribution in [-0.4, -0.2) is 18.7 Å². The number of halogens is 1. The van der Waals surface area contributed by atoms with Crippen LogP contribution in [-0.2, 0) is 20.1 Å². The Hall–Kier alpha value is -2.96. The summed E-state index contributed by atoms with van der Waals surface area (Å²) < 4.78 is 17.6. The highest BCUT2D eigenvalue weighted by molar-refractivity contribution is 5.76. The molecule has 0 radical (unpaired) electrons. The largest absolute Gasteiger partial charge is 0.332 e. The molecule has 25 heavy (non-hydrogen) atoms. The fraction of sp³-hybridized carbons (Fsp3) is 0.278. The van der Waals surface area contributed by atoms with Crippen LogP contribution in [0.1, 0.15) is 25.2 Å². The number of hydrogen-bond donors (Lipinski definition) is 0. The molecule has 6 nitrogen and oxygen atoms in total. The molecule has 130 valence electrons. The van der Waals surface area contributed by atoms with Crippen molar-refractivity contribution in [2.24, 2.45) is 7.05 Å². The van der Waals surface area contributed by atoms with Crippen LogP contribution in [0.3, 0.4) is 0 Å². The zero-order valence-electron chi connectivity index (χ0n) is 14.4. The molecule has 0 saturated heterocycles. The van der Waals surface area contributed by atoms with Gasteiger partial charge in [0.05, 0.1) is 0 Å². The van der Waals surface area contributed by atoms with Gasteiger partial charge in [-0.1, -0.05) is 18.2 Å². The molecule has 0 aliphatic carbocycles. The van der Waals surface area contributed by atoms with Gasteiger partial charge in [0, 0.05) is 20.1 Å². The lowest BCUT2D eigenvalue weighted by Crippen LogP contribution is -2.39. The second-order valence-corrected chi connectivity index (χ2v) is 5.67. The van der Waals surface area contributed by atoms with Crippen molar-refractivity contribution < 1.29 is 4.39 Å². The van der Waals surface area contributed by atoms with Gasteiger partial charge >= 0.3 is 5.69 Å². The Morgan fingerprint density at radius 3 is 2.48 bits per heavy atom. The number of rotatable bonds is 4. The minimum Gasteiger partial charge on any atom is -0.322 e. The molecule has 0 aliphatic heterocycles. The van der Waals surface area contributed by atoms with Gasteiger partial charge in [-0.25, -0.2) is 14.2 Å². The quantitative estimate of drug-likeness (QED) is 0.730. The SMILES string of the molecule is CCn1c(=O)c2c(nc(/C=C/c3cccc(F)c3)n2C)n(CC)c1=O. The van der Waals surface area contributed by atoms with Crippen molar-refractivity contribution in [2.45, 2.75) is 26.9 Å². The molecular weight excluding hydrogens is 323 g/mol. The predicted octanol–water partition coefficient (Wildman–Crippen LogP) is 2.25. The van der Waals surface area contributed by atoms with Crippen LogP contribution in [0.15, 0.2) is 33.9 Å². The van der Waals surface area contributed by atoms with Gasteiger partial charge in [-0.05, 0) is 37.6 Å². The molecular formula is C18H19FN4O2. The summed E-state index contributed by atoms with van der Waals surface area (Å²) in [4.78, 5) is 29.5. The van der Waals surface area contributed by atoms with Crippen LogP contribution >= 0.6 is 0 Å². The van der Waals surface area contributed by atoms with Gasteiger partial charge in [0.2, 0.25) is 0 Å². The van der Waals surface area contributed by atoms with E-state index < -0.39 is 0 Å². The predicted molar refractivity (Wildman–Crippen MR) is 95.9 cm³/mol. The molecule has 0 bridgehead atoms. The van der Waals surface area contributed by atoms with Crippen LogP contribution in [0.4, 0.5) is 4.39 Å². The standard InChI is InChI=1S/C18H19FN4O2/c1-4-22-16-15(17(24)23(5-2)18(22)25)21(3)14(20-16)10-9-12-7-6-8-13(19)11-12/h6-11H,4-5H2,1-3H3/b10-9+. The molecule has 0 saturated carbocycles. The van der Waals surface area contributed by atoms with Gasteiger partial charge in [0.25, 0.3) is 5.56 Å². The molecule has 7 heteroatoms. The van der Waals surface area contributed by atoms with Crippen molar-refractivity contribution in [2.75, 3.05) is 0 Å². The maximum atomic E-state index is 13.3. The van der Waals surface area contributed by atoms with Crippen molar-refractivity contribution in [3.8, 4) is 0 Å². The average molecular weight is 342 g/mol. The van der Waals surface area contributed by atoms with Gasteiger partial charge in [0.1, 0.15) is 11.6 Å². The number of aryl methyl sites for hydroxylation is 2. The van der Waals surface area contributed by atoms with E-state index >= 15 is 0 Å². The maximum Gasteiger partial charge on any atom is 0.332 e. The minimum atomic E-state index is -0.360. The second kappa shape index (κ2) is 6.51. The lowest BCUT2D eigenvalue weighted by molar-refractivity contribution is 0.604. The Balaban J connectivity index is 2.22. The molecule has 3 aromatic rings. The van der Waals surface area contributed by atoms with Crippen molar-refractivity contribution in [3.63, 3.8) is 0 Å². The number of aromatic nitrogens is 4. The van der Waals surface area contributed by atoms with E-state index in [9.17, 15) is 14.0 Å². The van der Waals surface area contributed by atoms with Crippen LogP contribution in [0, 0.1) is 5.82 Å². The highest BCUT2D eigenvalue weighted by atomic mass is 19.1. The first-order valence-corrected chi connectivity index (χ1v) is 8.11. The third-order valence-electron chi connectivity index (χ3n) is 4.18. The first-order chi connectivity index (χ1) is 12.0. The number of nitrogens with zero attached hydrogens (tertiary/aromatic N) is 4. The fourth-order valence-electron chi connectivity index (χ4n) is 2.87. The highest BCUT2D eigenvalue weighted by Gasteiger charge is 2.17. The molecule has 0 atom stereocenters. The zero-order chi connectivity index (χ0) is 18.1. The molecule has 0 amide bonds. The summed E-state index contributed by atoms with van der Waals surface area (Å²) >= 11 is 0. The van der Waals surface area contributed by atoms with Crippen LogP contribution in [0.5, 0.6) is 0 Å². The van der Waals surface area contributed by atoms with Gasteiger partial charge in [-0.3, -0.25) is 13.9 Å². The Bertz CT molecular complexity index is 1090. The van der Waals surface area contributed by atoms with Crippen LogP contribution < -0.4 is 11.2 Å². The van der Waals surface area contributed by atoms with E-state index in [0.717, 1.165) is 0 Å². The molecule has 3 rings (SSSR count). The number of fused-ring (bicyclic) bond motifs is 1. The minimum absolute atomic E-state index is 0.299. The molecule has 0 N–H and O–H groups in total. The lowest BCUT2D eigenvalue weighted by atomic mass is 10.2. The smallest absolute Gasteiger partial charge is 0.322 e. The number of hydrogen-bond acceptors (Lipinski definition) is 3. The van der Waals surface area contributed by atoms with Crippen molar-refractivity contribution in [1.29, 1.82) is 0 Å². The third kappa shape index (κ3) is 2.82. The van der Waals surface area contributed by atoms with E-state index in [1.54, 1.807) is 42.8 Å². The Morgan fingerprint density at radius 1 is 1.12 bits per heavy atom. The zero-order valence-corrected chi connectivity index (χ0v) is 14.4. The van der Waals surface area contributed by atoms with Gasteiger partial charge < -0.3 is 4.57 Å². The summed E-state index contributed by atoms with van der Waals surface area (Å²) in [6.45, 7) is 4.31. The summed E-state index contributed by atoms with van der Waals surface area (Å²) in [6.07, 6.45) is 3.42. The summed E-state index contributed by atoms with van der Waals surface area (Å²) in [6, 6.07) is 6.18. The Kier molecular flexibility index (Phi) is 4.39. The summed E-state index contributed by atoms with van der Waals surface area (Å²) in [5.74, 6) is 0.199. The van der Waals surface area contributed by atoms with Crippen molar-refractivity contribution >= 4 is 23.3 Å². The summed E-state index contributed by atoms with van der Waals surface area (Å²) in [5, 5.41) is 0. The summed E-state index contributed by atoms with van der Waals surface area (Å²) in [7, 11) is 1.73. The van der Waals surface area contributed by atoms with E-state index in [1.165, 1.54) is 21.3 Å². The Morgan fingerprint density at radius 2 is 1.84 bits per heavy atom. The van der Waals surface area contributed by atoms with Gasteiger partial charge in [0.15, 0.2) is 11.2 Å². The summed E-state index contributed by atoms with van der Waals surface area (Å²) in [5.41, 5.74) is 0.713. The van der Waals surface area contributed by atoms with Crippen LogP contribution in [0.2, 0.25) is 0 Å². The maximum absolute atomic E-state index is 13.3. The monoisotopic (exact) mass is 342 g/mol. The van der Waals surface area contributed by atoms with Gasteiger partial charge in [-0.2, -0.15) is 0 Å². The third-order valence-corrected chi connectivity index (χ3v) is 4.18. The van der Waals surface area contributed by atoms with E-state index in [4.69, 9.17) is 0 Å². The topological polar surface area (TPSA) is 61.8 Å². The normalized spacial score (nSPS) is 11.7. The van der Waals surface area contributed by atoms with Crippen molar-refractivity contribution in [1.82, 2.24) is 18.7 Å². The number of benzene rings is 1. The molecule has 2 heterocycles. The second-order valence-electron chi connectivity index (χ2n) is 5.67. The molecule has 2 aromatic heterocycles. The molecule has 0 spiro atoms. The first kappa shape index (κ1) is 16.9. The van der Waals surface area contributed by atoms with E-state index in [1.807, 2.05) is 6.92 Å². The van der Waals surface area contributed by atoms with E-state index in [-0.39, 0.29) is 17.1 Å². The average Bonchev–Trinajstić information content (AvgIpc) is 2.91. The molecule has 0 fully saturated rings. The molecule has 0 aliphatic rings. The van der Waals surface area contributed by atoms with E-state index in [0.29, 0.717) is 35.6 Å². The first-order valence-electron chi connectivity index (χ1n) is 8.11. The fourth-order valence-corrected chi connectivity index (χ4v) is 2.87. The number of imidazole rings is 1. The molecule has 0 unspecified atom stereocenters. The van der Waals surface area contributed by atoms with Crippen molar-refractivity contribution in [3.05, 3.63) is 62.3 Å².